The van der Waals surface area contributed by atoms with Crippen molar-refractivity contribution in [2.24, 2.45) is 5.92 Å². The van der Waals surface area contributed by atoms with Crippen LogP contribution in [0.3, 0.4) is 0 Å². The summed E-state index contributed by atoms with van der Waals surface area (Å²) in [7, 11) is 1.78. The van der Waals surface area contributed by atoms with Crippen LogP contribution in [0.1, 0.15) is 43.0 Å². The molecular weight excluding hydrogens is 362 g/mol. The maximum atomic E-state index is 12.6. The van der Waals surface area contributed by atoms with Crippen LogP contribution in [0.5, 0.6) is 0 Å². The van der Waals surface area contributed by atoms with E-state index in [1.165, 1.54) is 0 Å². The standard InChI is InChI=1S/C24H33N3O2/c1-17(2)14-22(20-11-7-6-8-12-20)26-24(29)16-27(5)15-23(28)25-21-13-9-10-18(3)19(21)4/h6-13,17,22H,14-16H2,1-5H3,(H,25,28)(H,26,29)/t22-/m1/s1. The molecule has 29 heavy (non-hydrogen) atoms. The first-order chi connectivity index (χ1) is 13.8. The minimum atomic E-state index is -0.129. The molecule has 156 valence electrons. The summed E-state index contributed by atoms with van der Waals surface area (Å²) < 4.78 is 0. The first kappa shape index (κ1) is 22.6. The summed E-state index contributed by atoms with van der Waals surface area (Å²) in [6.45, 7) is 8.61. The van der Waals surface area contributed by atoms with Gasteiger partial charge >= 0.3 is 0 Å². The zero-order valence-electron chi connectivity index (χ0n) is 18.2. The zero-order chi connectivity index (χ0) is 21.4. The second kappa shape index (κ2) is 10.8. The van der Waals surface area contributed by atoms with Gasteiger partial charge in [-0.05, 0) is 56.0 Å². The second-order valence-corrected chi connectivity index (χ2v) is 8.13. The van der Waals surface area contributed by atoms with Gasteiger partial charge in [-0.15, -0.1) is 0 Å². The molecule has 0 saturated carbocycles. The molecule has 0 aliphatic carbocycles. The number of hydrogen-bond donors (Lipinski definition) is 2. The highest BCUT2D eigenvalue weighted by Gasteiger charge is 2.18. The molecule has 0 aliphatic rings. The van der Waals surface area contributed by atoms with Crippen molar-refractivity contribution in [3.05, 3.63) is 65.2 Å². The van der Waals surface area contributed by atoms with Gasteiger partial charge in [0.15, 0.2) is 0 Å². The summed E-state index contributed by atoms with van der Waals surface area (Å²) in [5.74, 6) is 0.249. The molecule has 2 rings (SSSR count). The smallest absolute Gasteiger partial charge is 0.238 e. The third kappa shape index (κ3) is 7.35. The normalized spacial score (nSPS) is 12.1. The summed E-state index contributed by atoms with van der Waals surface area (Å²) in [5, 5.41) is 6.06. The third-order valence-electron chi connectivity index (χ3n) is 4.95. The number of carbonyl (C=O) groups is 2. The summed E-state index contributed by atoms with van der Waals surface area (Å²) >= 11 is 0. The molecule has 5 nitrogen and oxygen atoms in total. The van der Waals surface area contributed by atoms with Gasteiger partial charge < -0.3 is 10.6 Å². The molecule has 2 aromatic rings. The molecule has 0 aliphatic heterocycles. The van der Waals surface area contributed by atoms with Crippen LogP contribution in [-0.2, 0) is 9.59 Å². The SMILES string of the molecule is Cc1cccc(NC(=O)CN(C)CC(=O)N[C@H](CC(C)C)c2ccccc2)c1C. The lowest BCUT2D eigenvalue weighted by molar-refractivity contribution is -0.123. The van der Waals surface area contributed by atoms with Gasteiger partial charge in [0.05, 0.1) is 19.1 Å². The van der Waals surface area contributed by atoms with Crippen LogP contribution in [-0.4, -0.2) is 36.9 Å². The Labute approximate surface area is 174 Å². The quantitative estimate of drug-likeness (QED) is 0.673. The van der Waals surface area contributed by atoms with Gasteiger partial charge in [-0.25, -0.2) is 0 Å². The van der Waals surface area contributed by atoms with Crippen molar-refractivity contribution in [1.82, 2.24) is 10.2 Å². The first-order valence-electron chi connectivity index (χ1n) is 10.1. The molecule has 2 aromatic carbocycles. The predicted octanol–water partition coefficient (Wildman–Crippen LogP) is 4.08. The van der Waals surface area contributed by atoms with Crippen molar-refractivity contribution < 1.29 is 9.59 Å². The molecule has 0 saturated heterocycles. The highest BCUT2D eigenvalue weighted by Crippen LogP contribution is 2.21. The van der Waals surface area contributed by atoms with Crippen molar-refractivity contribution >= 4 is 17.5 Å². The van der Waals surface area contributed by atoms with Crippen LogP contribution in [0.4, 0.5) is 5.69 Å². The van der Waals surface area contributed by atoms with Gasteiger partial charge in [0.1, 0.15) is 0 Å². The Morgan fingerprint density at radius 2 is 1.59 bits per heavy atom. The van der Waals surface area contributed by atoms with E-state index in [4.69, 9.17) is 0 Å². The van der Waals surface area contributed by atoms with Crippen molar-refractivity contribution in [2.45, 2.75) is 40.2 Å². The lowest BCUT2D eigenvalue weighted by Crippen LogP contribution is -2.40. The average Bonchev–Trinajstić information content (AvgIpc) is 2.65. The number of hydrogen-bond acceptors (Lipinski definition) is 3. The van der Waals surface area contributed by atoms with E-state index in [0.29, 0.717) is 5.92 Å². The Morgan fingerprint density at radius 1 is 0.931 bits per heavy atom. The summed E-state index contributed by atoms with van der Waals surface area (Å²) in [5.41, 5.74) is 4.10. The van der Waals surface area contributed by atoms with Gasteiger partial charge in [-0.2, -0.15) is 0 Å². The number of aryl methyl sites for hydroxylation is 1. The van der Waals surface area contributed by atoms with E-state index in [2.05, 4.69) is 24.5 Å². The number of benzene rings is 2. The molecular formula is C24H33N3O2. The van der Waals surface area contributed by atoms with E-state index >= 15 is 0 Å². The summed E-state index contributed by atoms with van der Waals surface area (Å²) in [6.07, 6.45) is 0.868. The van der Waals surface area contributed by atoms with Gasteiger partial charge in [-0.1, -0.05) is 56.3 Å². The minimum Gasteiger partial charge on any atom is -0.348 e. The number of amides is 2. The van der Waals surface area contributed by atoms with E-state index in [1.807, 2.05) is 62.4 Å². The van der Waals surface area contributed by atoms with E-state index in [0.717, 1.165) is 28.8 Å². The third-order valence-corrected chi connectivity index (χ3v) is 4.95. The van der Waals surface area contributed by atoms with Crippen molar-refractivity contribution in [3.8, 4) is 0 Å². The van der Waals surface area contributed by atoms with Gasteiger partial charge in [0.2, 0.25) is 11.8 Å². The Morgan fingerprint density at radius 3 is 2.24 bits per heavy atom. The first-order valence-corrected chi connectivity index (χ1v) is 10.1. The van der Waals surface area contributed by atoms with Gasteiger partial charge in [-0.3, -0.25) is 14.5 Å². The van der Waals surface area contributed by atoms with Gasteiger partial charge in [0, 0.05) is 5.69 Å². The molecule has 0 fully saturated rings. The number of likely N-dealkylation sites (N-methyl/N-ethyl adjacent to an activating group) is 1. The Balaban J connectivity index is 1.90. The number of nitrogens with one attached hydrogen (secondary N) is 2. The summed E-state index contributed by atoms with van der Waals surface area (Å²) in [6, 6.07) is 15.8. The van der Waals surface area contributed by atoms with Crippen molar-refractivity contribution in [1.29, 1.82) is 0 Å². The largest absolute Gasteiger partial charge is 0.348 e. The van der Waals surface area contributed by atoms with Crippen LogP contribution in [0, 0.1) is 19.8 Å². The molecule has 0 bridgehead atoms. The van der Waals surface area contributed by atoms with E-state index in [9.17, 15) is 9.59 Å². The van der Waals surface area contributed by atoms with Gasteiger partial charge in [0.25, 0.3) is 0 Å². The second-order valence-electron chi connectivity index (χ2n) is 8.13. The molecule has 0 heterocycles. The fraction of sp³-hybridized carbons (Fsp3) is 0.417. The van der Waals surface area contributed by atoms with Crippen molar-refractivity contribution in [2.75, 3.05) is 25.5 Å². The molecule has 0 radical (unpaired) electrons. The Bertz CT molecular complexity index is 818. The maximum Gasteiger partial charge on any atom is 0.238 e. The van der Waals surface area contributed by atoms with E-state index < -0.39 is 0 Å². The Kier molecular flexibility index (Phi) is 8.40. The molecule has 0 aromatic heterocycles. The molecule has 0 unspecified atom stereocenters. The monoisotopic (exact) mass is 395 g/mol. The molecule has 2 N–H and O–H groups in total. The average molecular weight is 396 g/mol. The fourth-order valence-electron chi connectivity index (χ4n) is 3.30. The Hall–Kier alpha value is -2.66. The lowest BCUT2D eigenvalue weighted by atomic mass is 9.97. The zero-order valence-corrected chi connectivity index (χ0v) is 18.2. The molecule has 5 heteroatoms. The van der Waals surface area contributed by atoms with E-state index in [-0.39, 0.29) is 30.9 Å². The number of anilines is 1. The highest BCUT2D eigenvalue weighted by atomic mass is 16.2. The van der Waals surface area contributed by atoms with Crippen LogP contribution in [0.25, 0.3) is 0 Å². The number of rotatable bonds is 9. The summed E-state index contributed by atoms with van der Waals surface area (Å²) in [4.78, 5) is 26.7. The van der Waals surface area contributed by atoms with Crippen LogP contribution < -0.4 is 10.6 Å². The predicted molar refractivity (Wildman–Crippen MR) is 119 cm³/mol. The fourth-order valence-corrected chi connectivity index (χ4v) is 3.30. The van der Waals surface area contributed by atoms with Crippen LogP contribution >= 0.6 is 0 Å². The van der Waals surface area contributed by atoms with E-state index in [1.54, 1.807) is 11.9 Å². The van der Waals surface area contributed by atoms with Crippen LogP contribution in [0.15, 0.2) is 48.5 Å². The molecule has 0 spiro atoms. The maximum absolute atomic E-state index is 12.6. The van der Waals surface area contributed by atoms with Crippen molar-refractivity contribution in [3.63, 3.8) is 0 Å². The molecule has 1 atom stereocenters. The minimum absolute atomic E-state index is 0.0270. The van der Waals surface area contributed by atoms with Crippen LogP contribution in [0.2, 0.25) is 0 Å². The molecule has 2 amide bonds. The number of carbonyl (C=O) groups excluding carboxylic acids is 2. The topological polar surface area (TPSA) is 61.4 Å². The highest BCUT2D eigenvalue weighted by molar-refractivity contribution is 5.93. The lowest BCUT2D eigenvalue weighted by Gasteiger charge is -2.23. The number of nitrogens with zero attached hydrogens (tertiary/aromatic N) is 1.